The summed E-state index contributed by atoms with van der Waals surface area (Å²) in [5, 5.41) is 22.1. The smallest absolute Gasteiger partial charge is 0.254 e. The van der Waals surface area contributed by atoms with E-state index in [0.717, 1.165) is 18.8 Å². The molecule has 0 saturated carbocycles. The summed E-state index contributed by atoms with van der Waals surface area (Å²) in [6.07, 6.45) is 1.38. The molecule has 0 unspecified atom stereocenters. The molecule has 0 radical (unpaired) electrons. The van der Waals surface area contributed by atoms with Gasteiger partial charge >= 0.3 is 0 Å². The summed E-state index contributed by atoms with van der Waals surface area (Å²) in [6, 6.07) is 14.1. The molecule has 27 heavy (non-hydrogen) atoms. The summed E-state index contributed by atoms with van der Waals surface area (Å²) in [4.78, 5) is 13.9. The van der Waals surface area contributed by atoms with Gasteiger partial charge in [-0.15, -0.1) is 0 Å². The Morgan fingerprint density at radius 3 is 2.63 bits per heavy atom. The third kappa shape index (κ3) is 5.98. The summed E-state index contributed by atoms with van der Waals surface area (Å²) in [5.41, 5.74) is 4.20. The molecule has 140 valence electrons. The first kappa shape index (κ1) is 18.7. The number of benzene rings is 2. The predicted molar refractivity (Wildman–Crippen MR) is 102 cm³/mol. The predicted octanol–water partition coefficient (Wildman–Crippen LogP) is 2.59. The van der Waals surface area contributed by atoms with Crippen LogP contribution in [0.4, 0.5) is 11.4 Å². The molecule has 2 aromatic carbocycles. The Morgan fingerprint density at radius 1 is 1.11 bits per heavy atom. The first-order valence-corrected chi connectivity index (χ1v) is 8.62. The van der Waals surface area contributed by atoms with Crippen LogP contribution in [0.25, 0.3) is 0 Å². The van der Waals surface area contributed by atoms with E-state index in [1.807, 2.05) is 35.2 Å². The van der Waals surface area contributed by atoms with Gasteiger partial charge in [0.15, 0.2) is 0 Å². The number of nitrogens with zero attached hydrogens (tertiary/aromatic N) is 4. The number of aromatic hydroxyl groups is 1. The summed E-state index contributed by atoms with van der Waals surface area (Å²) >= 11 is 0. The van der Waals surface area contributed by atoms with E-state index in [1.165, 1.54) is 12.3 Å². The molecule has 2 aromatic rings. The van der Waals surface area contributed by atoms with Gasteiger partial charge < -0.3 is 9.84 Å². The summed E-state index contributed by atoms with van der Waals surface area (Å²) in [7, 11) is 0. The number of rotatable bonds is 6. The SMILES string of the molecule is O=C(CN1CCOCC1)N/N=C/c1cc(N=Nc2ccccc2)ccc1O. The molecule has 8 heteroatoms. The first-order chi connectivity index (χ1) is 13.2. The van der Waals surface area contributed by atoms with Crippen molar-refractivity contribution >= 4 is 23.5 Å². The van der Waals surface area contributed by atoms with Crippen molar-refractivity contribution in [2.75, 3.05) is 32.8 Å². The number of hydrazone groups is 1. The third-order valence-corrected chi connectivity index (χ3v) is 3.91. The summed E-state index contributed by atoms with van der Waals surface area (Å²) < 4.78 is 5.25. The molecule has 0 aliphatic carbocycles. The minimum absolute atomic E-state index is 0.0415. The maximum atomic E-state index is 11.9. The molecule has 0 atom stereocenters. The quantitative estimate of drug-likeness (QED) is 0.466. The zero-order valence-corrected chi connectivity index (χ0v) is 14.8. The number of amides is 1. The molecule has 0 spiro atoms. The molecule has 1 aliphatic rings. The fourth-order valence-electron chi connectivity index (χ4n) is 2.49. The number of phenolic OH excluding ortho intramolecular Hbond substituents is 1. The van der Waals surface area contributed by atoms with Crippen LogP contribution in [0.15, 0.2) is 63.9 Å². The molecule has 1 heterocycles. The number of nitrogens with one attached hydrogen (secondary N) is 1. The van der Waals surface area contributed by atoms with E-state index in [2.05, 4.69) is 20.8 Å². The zero-order valence-electron chi connectivity index (χ0n) is 14.8. The first-order valence-electron chi connectivity index (χ1n) is 8.62. The Labute approximate surface area is 157 Å². The van der Waals surface area contributed by atoms with Gasteiger partial charge in [-0.3, -0.25) is 9.69 Å². The highest BCUT2D eigenvalue weighted by Gasteiger charge is 2.13. The van der Waals surface area contributed by atoms with Crippen LogP contribution in [0.5, 0.6) is 5.75 Å². The van der Waals surface area contributed by atoms with Gasteiger partial charge in [-0.1, -0.05) is 18.2 Å². The second-order valence-corrected chi connectivity index (χ2v) is 5.96. The van der Waals surface area contributed by atoms with Crippen LogP contribution in [0.1, 0.15) is 5.56 Å². The van der Waals surface area contributed by atoms with Gasteiger partial charge in [0.2, 0.25) is 0 Å². The number of azo groups is 1. The Bertz CT molecular complexity index is 817. The maximum Gasteiger partial charge on any atom is 0.254 e. The van der Waals surface area contributed by atoms with Gasteiger partial charge in [0.05, 0.1) is 37.3 Å². The molecule has 1 fully saturated rings. The van der Waals surface area contributed by atoms with Crippen molar-refractivity contribution in [3.63, 3.8) is 0 Å². The van der Waals surface area contributed by atoms with Crippen molar-refractivity contribution in [2.24, 2.45) is 15.3 Å². The van der Waals surface area contributed by atoms with Crippen molar-refractivity contribution in [3.05, 3.63) is 54.1 Å². The van der Waals surface area contributed by atoms with E-state index in [0.29, 0.717) is 24.5 Å². The highest BCUT2D eigenvalue weighted by Crippen LogP contribution is 2.23. The lowest BCUT2D eigenvalue weighted by atomic mass is 10.2. The van der Waals surface area contributed by atoms with E-state index in [4.69, 9.17) is 4.74 Å². The summed E-state index contributed by atoms with van der Waals surface area (Å²) in [5.74, 6) is -0.174. The fraction of sp³-hybridized carbons (Fsp3) is 0.263. The zero-order chi connectivity index (χ0) is 18.9. The second-order valence-electron chi connectivity index (χ2n) is 5.96. The highest BCUT2D eigenvalue weighted by molar-refractivity contribution is 5.86. The van der Waals surface area contributed by atoms with Gasteiger partial charge in [-0.05, 0) is 30.3 Å². The molecular formula is C19H21N5O3. The molecular weight excluding hydrogens is 346 g/mol. The number of hydrogen-bond donors (Lipinski definition) is 2. The van der Waals surface area contributed by atoms with Crippen LogP contribution >= 0.6 is 0 Å². The van der Waals surface area contributed by atoms with Crippen molar-refractivity contribution in [2.45, 2.75) is 0 Å². The fourth-order valence-corrected chi connectivity index (χ4v) is 2.49. The standard InChI is InChI=1S/C19H21N5O3/c25-18-7-6-17(22-21-16-4-2-1-3-5-16)12-15(18)13-20-23-19(26)14-24-8-10-27-11-9-24/h1-7,12-13,25H,8-11,14H2,(H,23,26)/b20-13+,22-21?. The van der Waals surface area contributed by atoms with E-state index in [1.54, 1.807) is 12.1 Å². The summed E-state index contributed by atoms with van der Waals surface area (Å²) in [6.45, 7) is 2.99. The van der Waals surface area contributed by atoms with Crippen LogP contribution in [-0.4, -0.2) is 55.0 Å². The van der Waals surface area contributed by atoms with E-state index in [9.17, 15) is 9.90 Å². The van der Waals surface area contributed by atoms with Crippen molar-refractivity contribution < 1.29 is 14.6 Å². The van der Waals surface area contributed by atoms with E-state index in [-0.39, 0.29) is 18.2 Å². The number of carbonyl (C=O) groups excluding carboxylic acids is 1. The minimum Gasteiger partial charge on any atom is -0.507 e. The molecule has 1 saturated heterocycles. The topological polar surface area (TPSA) is 98.9 Å². The number of morpholine rings is 1. The van der Waals surface area contributed by atoms with Gasteiger partial charge in [-0.2, -0.15) is 15.3 Å². The molecule has 2 N–H and O–H groups in total. The van der Waals surface area contributed by atoms with Crippen LogP contribution < -0.4 is 5.43 Å². The van der Waals surface area contributed by atoms with Crippen LogP contribution in [-0.2, 0) is 9.53 Å². The van der Waals surface area contributed by atoms with E-state index < -0.39 is 0 Å². The largest absolute Gasteiger partial charge is 0.507 e. The lowest BCUT2D eigenvalue weighted by molar-refractivity contribution is -0.123. The van der Waals surface area contributed by atoms with Crippen molar-refractivity contribution in [1.82, 2.24) is 10.3 Å². The van der Waals surface area contributed by atoms with Gasteiger partial charge in [0, 0.05) is 18.7 Å². The molecule has 8 nitrogen and oxygen atoms in total. The second kappa shape index (κ2) is 9.56. The average Bonchev–Trinajstić information content (AvgIpc) is 2.70. The van der Waals surface area contributed by atoms with Gasteiger partial charge in [-0.25, -0.2) is 5.43 Å². The Hall–Kier alpha value is -3.10. The van der Waals surface area contributed by atoms with Crippen LogP contribution in [0, 0.1) is 0 Å². The Kier molecular flexibility index (Phi) is 6.61. The van der Waals surface area contributed by atoms with Crippen LogP contribution in [0.3, 0.4) is 0 Å². The van der Waals surface area contributed by atoms with E-state index >= 15 is 0 Å². The number of ether oxygens (including phenoxy) is 1. The molecule has 0 bridgehead atoms. The molecule has 1 amide bonds. The Morgan fingerprint density at radius 2 is 1.85 bits per heavy atom. The number of phenols is 1. The molecule has 1 aliphatic heterocycles. The third-order valence-electron chi connectivity index (χ3n) is 3.91. The van der Waals surface area contributed by atoms with Crippen LogP contribution in [0.2, 0.25) is 0 Å². The molecule has 3 rings (SSSR count). The van der Waals surface area contributed by atoms with Crippen molar-refractivity contribution in [3.8, 4) is 5.75 Å². The number of carbonyl (C=O) groups is 1. The minimum atomic E-state index is -0.215. The Balaban J connectivity index is 1.58. The monoisotopic (exact) mass is 367 g/mol. The number of hydrogen-bond acceptors (Lipinski definition) is 7. The average molecular weight is 367 g/mol. The van der Waals surface area contributed by atoms with Gasteiger partial charge in [0.1, 0.15) is 5.75 Å². The molecule has 0 aromatic heterocycles. The normalized spacial score (nSPS) is 15.4. The lowest BCUT2D eigenvalue weighted by Crippen LogP contribution is -2.42. The van der Waals surface area contributed by atoms with Gasteiger partial charge in [0.25, 0.3) is 5.91 Å². The maximum absolute atomic E-state index is 11.9. The highest BCUT2D eigenvalue weighted by atomic mass is 16.5. The lowest BCUT2D eigenvalue weighted by Gasteiger charge is -2.25. The van der Waals surface area contributed by atoms with Crippen molar-refractivity contribution in [1.29, 1.82) is 0 Å².